The van der Waals surface area contributed by atoms with E-state index >= 15 is 0 Å². The maximum absolute atomic E-state index is 12.2. The van der Waals surface area contributed by atoms with Crippen molar-refractivity contribution in [2.75, 3.05) is 7.05 Å². The Labute approximate surface area is 129 Å². The third kappa shape index (κ3) is 4.02. The second-order valence-corrected chi connectivity index (χ2v) is 5.69. The molecule has 0 aliphatic carbocycles. The van der Waals surface area contributed by atoms with Crippen molar-refractivity contribution in [1.29, 1.82) is 0 Å². The van der Waals surface area contributed by atoms with Gasteiger partial charge in [0.05, 0.1) is 0 Å². The number of carbonyl (C=O) groups excluding carboxylic acids is 1. The molecular formula is C16H18ClN3O. The molecule has 5 heteroatoms. The second kappa shape index (κ2) is 6.68. The molecule has 1 aromatic heterocycles. The third-order valence-corrected chi connectivity index (χ3v) is 3.47. The number of rotatable bonds is 4. The molecular weight excluding hydrogens is 286 g/mol. The van der Waals surface area contributed by atoms with Crippen LogP contribution in [0.4, 0.5) is 0 Å². The monoisotopic (exact) mass is 303 g/mol. The van der Waals surface area contributed by atoms with E-state index in [0.717, 1.165) is 5.56 Å². The summed E-state index contributed by atoms with van der Waals surface area (Å²) in [6.45, 7) is 4.84. The van der Waals surface area contributed by atoms with Crippen LogP contribution in [0.1, 0.15) is 41.4 Å². The maximum atomic E-state index is 12.2. The topological polar surface area (TPSA) is 46.1 Å². The Hall–Kier alpha value is -1.94. The van der Waals surface area contributed by atoms with E-state index in [1.807, 2.05) is 12.1 Å². The molecule has 1 heterocycles. The van der Waals surface area contributed by atoms with Crippen LogP contribution in [0.2, 0.25) is 5.15 Å². The lowest BCUT2D eigenvalue weighted by Gasteiger charge is -2.17. The Bertz CT molecular complexity index is 608. The zero-order chi connectivity index (χ0) is 15.4. The Morgan fingerprint density at radius 3 is 2.33 bits per heavy atom. The Kier molecular flexibility index (Phi) is 4.91. The SMILES string of the molecule is CC(C)c1ccc(CN(C)C(=O)c2ccc(Cl)nn2)cc1. The highest BCUT2D eigenvalue weighted by Gasteiger charge is 2.14. The van der Waals surface area contributed by atoms with Gasteiger partial charge in [0, 0.05) is 13.6 Å². The van der Waals surface area contributed by atoms with Gasteiger partial charge in [-0.05, 0) is 29.2 Å². The minimum atomic E-state index is -0.174. The largest absolute Gasteiger partial charge is 0.336 e. The first-order valence-corrected chi connectivity index (χ1v) is 7.18. The van der Waals surface area contributed by atoms with Crippen molar-refractivity contribution >= 4 is 17.5 Å². The summed E-state index contributed by atoms with van der Waals surface area (Å²) in [7, 11) is 1.75. The molecule has 1 aromatic carbocycles. The summed E-state index contributed by atoms with van der Waals surface area (Å²) in [4.78, 5) is 13.8. The Morgan fingerprint density at radius 2 is 1.81 bits per heavy atom. The Morgan fingerprint density at radius 1 is 1.14 bits per heavy atom. The van der Waals surface area contributed by atoms with E-state index < -0.39 is 0 Å². The van der Waals surface area contributed by atoms with Gasteiger partial charge in [-0.1, -0.05) is 49.7 Å². The fourth-order valence-electron chi connectivity index (χ4n) is 1.98. The van der Waals surface area contributed by atoms with Crippen LogP contribution in [0.3, 0.4) is 0 Å². The van der Waals surface area contributed by atoms with E-state index in [0.29, 0.717) is 18.2 Å². The number of hydrogen-bond donors (Lipinski definition) is 0. The molecule has 1 amide bonds. The maximum Gasteiger partial charge on any atom is 0.274 e. The highest BCUT2D eigenvalue weighted by atomic mass is 35.5. The number of aromatic nitrogens is 2. The average molecular weight is 304 g/mol. The molecule has 0 N–H and O–H groups in total. The van der Waals surface area contributed by atoms with Crippen molar-refractivity contribution in [1.82, 2.24) is 15.1 Å². The van der Waals surface area contributed by atoms with Gasteiger partial charge in [0.15, 0.2) is 10.8 Å². The normalized spacial score (nSPS) is 10.7. The fraction of sp³-hybridized carbons (Fsp3) is 0.312. The van der Waals surface area contributed by atoms with E-state index in [9.17, 15) is 4.79 Å². The number of halogens is 1. The Balaban J connectivity index is 2.05. The van der Waals surface area contributed by atoms with Crippen molar-refractivity contribution < 1.29 is 4.79 Å². The first-order valence-electron chi connectivity index (χ1n) is 6.81. The quantitative estimate of drug-likeness (QED) is 0.868. The summed E-state index contributed by atoms with van der Waals surface area (Å²) in [5, 5.41) is 7.77. The van der Waals surface area contributed by atoms with Gasteiger partial charge >= 0.3 is 0 Å². The third-order valence-electron chi connectivity index (χ3n) is 3.26. The summed E-state index contributed by atoms with van der Waals surface area (Å²) in [5.41, 5.74) is 2.66. The van der Waals surface area contributed by atoms with Gasteiger partial charge in [-0.3, -0.25) is 4.79 Å². The number of nitrogens with zero attached hydrogens (tertiary/aromatic N) is 3. The van der Waals surface area contributed by atoms with Crippen LogP contribution >= 0.6 is 11.6 Å². The van der Waals surface area contributed by atoms with Gasteiger partial charge in [-0.2, -0.15) is 0 Å². The molecule has 0 atom stereocenters. The van der Waals surface area contributed by atoms with Crippen molar-refractivity contribution in [3.63, 3.8) is 0 Å². The molecule has 0 aliphatic rings. The van der Waals surface area contributed by atoms with Crippen LogP contribution in [0.25, 0.3) is 0 Å². The van der Waals surface area contributed by atoms with Crippen LogP contribution in [-0.2, 0) is 6.54 Å². The van der Waals surface area contributed by atoms with E-state index in [2.05, 4.69) is 36.2 Å². The molecule has 0 saturated heterocycles. The van der Waals surface area contributed by atoms with E-state index in [-0.39, 0.29) is 11.1 Å². The molecule has 0 bridgehead atoms. The van der Waals surface area contributed by atoms with E-state index in [1.54, 1.807) is 24.1 Å². The smallest absolute Gasteiger partial charge is 0.274 e. The van der Waals surface area contributed by atoms with Gasteiger partial charge in [-0.15, -0.1) is 10.2 Å². The fourth-order valence-corrected chi connectivity index (χ4v) is 2.08. The average Bonchev–Trinajstić information content (AvgIpc) is 2.47. The zero-order valence-electron chi connectivity index (χ0n) is 12.4. The lowest BCUT2D eigenvalue weighted by Crippen LogP contribution is -2.27. The molecule has 21 heavy (non-hydrogen) atoms. The first kappa shape index (κ1) is 15.4. The standard InChI is InChI=1S/C16H18ClN3O/c1-11(2)13-6-4-12(5-7-13)10-20(3)16(21)14-8-9-15(17)19-18-14/h4-9,11H,10H2,1-3H3. The van der Waals surface area contributed by atoms with Crippen LogP contribution in [0, 0.1) is 0 Å². The molecule has 0 aliphatic heterocycles. The highest BCUT2D eigenvalue weighted by molar-refractivity contribution is 6.29. The molecule has 0 saturated carbocycles. The lowest BCUT2D eigenvalue weighted by atomic mass is 10.0. The molecule has 2 rings (SSSR count). The summed E-state index contributed by atoms with van der Waals surface area (Å²) in [6, 6.07) is 11.4. The van der Waals surface area contributed by atoms with Crippen molar-refractivity contribution in [3.05, 3.63) is 58.4 Å². The number of benzene rings is 1. The van der Waals surface area contributed by atoms with Crippen LogP contribution in [-0.4, -0.2) is 28.1 Å². The predicted octanol–water partition coefficient (Wildman–Crippen LogP) is 3.53. The van der Waals surface area contributed by atoms with Crippen LogP contribution in [0.15, 0.2) is 36.4 Å². The second-order valence-electron chi connectivity index (χ2n) is 5.30. The molecule has 110 valence electrons. The lowest BCUT2D eigenvalue weighted by molar-refractivity contribution is 0.0778. The van der Waals surface area contributed by atoms with Gasteiger partial charge in [0.2, 0.25) is 0 Å². The number of carbonyl (C=O) groups is 1. The zero-order valence-corrected chi connectivity index (χ0v) is 13.1. The molecule has 0 spiro atoms. The minimum absolute atomic E-state index is 0.174. The summed E-state index contributed by atoms with van der Waals surface area (Å²) >= 11 is 5.67. The first-order chi connectivity index (χ1) is 9.97. The number of amides is 1. The highest BCUT2D eigenvalue weighted by Crippen LogP contribution is 2.16. The van der Waals surface area contributed by atoms with Crippen LogP contribution < -0.4 is 0 Å². The van der Waals surface area contributed by atoms with Gasteiger partial charge in [0.1, 0.15) is 0 Å². The van der Waals surface area contributed by atoms with Gasteiger partial charge < -0.3 is 4.90 Å². The molecule has 0 radical (unpaired) electrons. The van der Waals surface area contributed by atoms with Crippen LogP contribution in [0.5, 0.6) is 0 Å². The summed E-state index contributed by atoms with van der Waals surface area (Å²) in [5.74, 6) is 0.329. The molecule has 0 fully saturated rings. The summed E-state index contributed by atoms with van der Waals surface area (Å²) in [6.07, 6.45) is 0. The summed E-state index contributed by atoms with van der Waals surface area (Å²) < 4.78 is 0. The van der Waals surface area contributed by atoms with E-state index in [4.69, 9.17) is 11.6 Å². The number of hydrogen-bond acceptors (Lipinski definition) is 3. The van der Waals surface area contributed by atoms with Gasteiger partial charge in [0.25, 0.3) is 5.91 Å². The minimum Gasteiger partial charge on any atom is -0.336 e. The molecule has 4 nitrogen and oxygen atoms in total. The van der Waals surface area contributed by atoms with Gasteiger partial charge in [-0.25, -0.2) is 0 Å². The molecule has 2 aromatic rings. The van der Waals surface area contributed by atoms with Crippen molar-refractivity contribution in [3.8, 4) is 0 Å². The van der Waals surface area contributed by atoms with Crippen molar-refractivity contribution in [2.24, 2.45) is 0 Å². The van der Waals surface area contributed by atoms with E-state index in [1.165, 1.54) is 5.56 Å². The molecule has 0 unspecified atom stereocenters. The van der Waals surface area contributed by atoms with Crippen molar-refractivity contribution in [2.45, 2.75) is 26.3 Å². The predicted molar refractivity (Wildman–Crippen MR) is 83.4 cm³/mol.